The quantitative estimate of drug-likeness (QED) is 0.371. The number of carbonyl (C=O) groups is 1. The normalized spacial score (nSPS) is 17.0. The van der Waals surface area contributed by atoms with Crippen molar-refractivity contribution in [3.8, 4) is 11.5 Å². The van der Waals surface area contributed by atoms with Crippen LogP contribution >= 0.6 is 0 Å². The minimum absolute atomic E-state index is 0. The monoisotopic (exact) mass is 514 g/mol. The first kappa shape index (κ1) is 30.9. The van der Waals surface area contributed by atoms with Gasteiger partial charge >= 0.3 is 23.1 Å². The fourth-order valence-corrected chi connectivity index (χ4v) is 3.60. The molecule has 0 spiro atoms. The van der Waals surface area contributed by atoms with Crippen LogP contribution in [-0.2, 0) is 0 Å². The Morgan fingerprint density at radius 1 is 1.19 bits per heavy atom. The van der Waals surface area contributed by atoms with Crippen LogP contribution in [0.3, 0.4) is 0 Å². The number of nitrogens with zero attached hydrogens (tertiary/aromatic N) is 2. The predicted octanol–water partition coefficient (Wildman–Crippen LogP) is 5.29. The van der Waals surface area contributed by atoms with Crippen LogP contribution < -0.4 is 14.6 Å². The molecule has 0 fully saturated rings. The molecule has 2 aromatic rings. The van der Waals surface area contributed by atoms with Crippen molar-refractivity contribution >= 4 is 46.4 Å². The smallest absolute Gasteiger partial charge is 0.852 e. The van der Waals surface area contributed by atoms with Crippen molar-refractivity contribution in [2.75, 3.05) is 13.7 Å². The molecule has 2 heterocycles. The van der Waals surface area contributed by atoms with Gasteiger partial charge in [0.2, 0.25) is 0 Å². The molecule has 194 valence electrons. The maximum absolute atomic E-state index is 13.4. The Labute approximate surface area is 237 Å². The second-order valence-corrected chi connectivity index (χ2v) is 10.4. The van der Waals surface area contributed by atoms with E-state index < -0.39 is 0 Å². The number of ether oxygens (including phenoxy) is 2. The molecule has 37 heavy (non-hydrogen) atoms. The first-order valence-electron chi connectivity index (χ1n) is 12.6. The molecule has 0 bridgehead atoms. The molecule has 0 saturated carbocycles. The zero-order valence-corrected chi connectivity index (χ0v) is 24.6. The second-order valence-electron chi connectivity index (χ2n) is 10.4. The minimum atomic E-state index is -0.366. The van der Waals surface area contributed by atoms with Gasteiger partial charge in [0.1, 0.15) is 0 Å². The number of benzene rings is 2. The molecule has 1 amide bonds. The molecule has 6 nitrogen and oxygen atoms in total. The maximum Gasteiger partial charge on any atom is 2.00 e. The van der Waals surface area contributed by atoms with Gasteiger partial charge in [-0.15, -0.1) is 11.7 Å². The summed E-state index contributed by atoms with van der Waals surface area (Å²) in [4.78, 5) is 19.8. The summed E-state index contributed by atoms with van der Waals surface area (Å²) in [6.45, 7) is 12.8. The van der Waals surface area contributed by atoms with Gasteiger partial charge in [-0.05, 0) is 24.0 Å². The number of hydrogen-bond acceptors (Lipinski definition) is 5. The van der Waals surface area contributed by atoms with E-state index in [0.29, 0.717) is 35.3 Å². The number of rotatable bonds is 7. The molecular weight excluding hydrogens is 477 g/mol. The Morgan fingerprint density at radius 3 is 2.41 bits per heavy atom. The number of hydrogen-bond donors (Lipinski definition) is 0. The van der Waals surface area contributed by atoms with Gasteiger partial charge in [-0.2, -0.15) is 30.3 Å². The maximum atomic E-state index is 13.4. The van der Waals surface area contributed by atoms with Gasteiger partial charge in [0.25, 0.3) is 5.91 Å². The largest absolute Gasteiger partial charge is 2.00 e. The van der Waals surface area contributed by atoms with Crippen LogP contribution in [0.25, 0.3) is 5.57 Å². The van der Waals surface area contributed by atoms with E-state index in [4.69, 9.17) is 9.47 Å². The molecular formula is C30H38MgN2O4. The average Bonchev–Trinajstić information content (AvgIpc) is 3.25. The van der Waals surface area contributed by atoms with Crippen LogP contribution in [0, 0.1) is 17.4 Å². The van der Waals surface area contributed by atoms with Crippen LogP contribution in [0.5, 0.6) is 11.5 Å². The number of aliphatic imine (C=N–C) groups is 1. The van der Waals surface area contributed by atoms with Crippen molar-refractivity contribution in [1.29, 1.82) is 0 Å². The molecule has 0 radical (unpaired) electrons. The zero-order chi connectivity index (χ0) is 26.5. The van der Waals surface area contributed by atoms with Gasteiger partial charge in [0.05, 0.1) is 31.0 Å². The SMILES string of the molecule is CCC(C)[O-].COc1cc2c(cc1OCC(C)(C)C(C)C)N=CC1CC(c3cc[c-]cc3)=CN1C2=O.[Mg+2]. The minimum Gasteiger partial charge on any atom is -0.852 e. The van der Waals surface area contributed by atoms with E-state index in [1.54, 1.807) is 25.0 Å². The van der Waals surface area contributed by atoms with Crippen LogP contribution in [0.1, 0.15) is 70.3 Å². The van der Waals surface area contributed by atoms with E-state index in [1.807, 2.05) is 49.7 Å². The van der Waals surface area contributed by atoms with Crippen LogP contribution in [-0.4, -0.2) is 65.9 Å². The molecule has 2 unspecified atom stereocenters. The van der Waals surface area contributed by atoms with E-state index in [-0.39, 0.29) is 46.5 Å². The van der Waals surface area contributed by atoms with Crippen molar-refractivity contribution < 1.29 is 19.4 Å². The fraction of sp³-hybridized carbons (Fsp3) is 0.467. The number of carbonyl (C=O) groups excluding carboxylic acids is 1. The zero-order valence-electron chi connectivity index (χ0n) is 23.2. The summed E-state index contributed by atoms with van der Waals surface area (Å²) in [5.41, 5.74) is 3.36. The number of amides is 1. The molecule has 2 aliphatic heterocycles. The topological polar surface area (TPSA) is 74.2 Å². The van der Waals surface area contributed by atoms with Crippen molar-refractivity contribution in [3.05, 3.63) is 59.8 Å². The first-order chi connectivity index (χ1) is 17.1. The third kappa shape index (κ3) is 7.59. The fourth-order valence-electron chi connectivity index (χ4n) is 3.60. The molecule has 7 heteroatoms. The summed E-state index contributed by atoms with van der Waals surface area (Å²) in [6.07, 6.45) is 4.91. The number of methoxy groups -OCH3 is 1. The van der Waals surface area contributed by atoms with Gasteiger partial charge in [-0.1, -0.05) is 48.0 Å². The van der Waals surface area contributed by atoms with E-state index in [1.165, 1.54) is 0 Å². The molecule has 0 saturated heterocycles. The summed E-state index contributed by atoms with van der Waals surface area (Å²) in [5.74, 6) is 1.54. The van der Waals surface area contributed by atoms with Gasteiger partial charge in [-0.3, -0.25) is 9.79 Å². The van der Waals surface area contributed by atoms with Crippen LogP contribution in [0.15, 0.2) is 47.6 Å². The summed E-state index contributed by atoms with van der Waals surface area (Å²) >= 11 is 0. The summed E-state index contributed by atoms with van der Waals surface area (Å²) in [6, 6.07) is 14.3. The molecule has 2 aromatic carbocycles. The van der Waals surface area contributed by atoms with Crippen molar-refractivity contribution in [2.45, 2.75) is 66.5 Å². The Bertz CT molecular complexity index is 1110. The van der Waals surface area contributed by atoms with E-state index in [0.717, 1.165) is 24.0 Å². The van der Waals surface area contributed by atoms with E-state index in [2.05, 4.69) is 38.8 Å². The van der Waals surface area contributed by atoms with Crippen molar-refractivity contribution in [3.63, 3.8) is 0 Å². The van der Waals surface area contributed by atoms with Gasteiger partial charge in [0.15, 0.2) is 11.5 Å². The van der Waals surface area contributed by atoms with E-state index in [9.17, 15) is 9.90 Å². The third-order valence-corrected chi connectivity index (χ3v) is 7.04. The molecule has 0 aromatic heterocycles. The molecule has 2 aliphatic rings. The Balaban J connectivity index is 0.000000734. The third-order valence-electron chi connectivity index (χ3n) is 7.04. The standard InChI is InChI=1S/C26H29N2O3.C4H9O.Mg/c1-17(2)26(3,4)16-31-24-13-22-21(12-23(24)30-5)25(29)28-15-19(11-20(28)14-27-22)18-9-7-6-8-10-18;1-3-4(2)5;/h7-10,12-15,17,20H,11,16H2,1-5H3;4H,3H2,1-2H3;/q2*-1;+2. The molecule has 2 atom stereocenters. The van der Waals surface area contributed by atoms with Crippen LogP contribution in [0.4, 0.5) is 5.69 Å². The summed E-state index contributed by atoms with van der Waals surface area (Å²) in [5, 5.41) is 9.90. The second kappa shape index (κ2) is 13.4. The molecule has 4 rings (SSSR count). The Hall–Kier alpha value is -2.35. The van der Waals surface area contributed by atoms with Gasteiger partial charge in [0, 0.05) is 23.9 Å². The predicted molar refractivity (Wildman–Crippen MR) is 149 cm³/mol. The van der Waals surface area contributed by atoms with Gasteiger partial charge in [-0.25, -0.2) is 0 Å². The van der Waals surface area contributed by atoms with Crippen molar-refractivity contribution in [2.24, 2.45) is 16.3 Å². The van der Waals surface area contributed by atoms with Crippen molar-refractivity contribution in [1.82, 2.24) is 4.90 Å². The summed E-state index contributed by atoms with van der Waals surface area (Å²) in [7, 11) is 1.59. The Kier molecular flexibility index (Phi) is 11.2. The first-order valence-corrected chi connectivity index (χ1v) is 12.6. The average molecular weight is 515 g/mol. The summed E-state index contributed by atoms with van der Waals surface area (Å²) < 4.78 is 11.7. The Morgan fingerprint density at radius 2 is 1.84 bits per heavy atom. The van der Waals surface area contributed by atoms with Gasteiger partial charge < -0.3 is 19.5 Å². The number of fused-ring (bicyclic) bond motifs is 2. The van der Waals surface area contributed by atoms with E-state index >= 15 is 0 Å². The molecule has 0 N–H and O–H groups in total. The van der Waals surface area contributed by atoms with Crippen LogP contribution in [0.2, 0.25) is 0 Å². The molecule has 0 aliphatic carbocycles.